The second kappa shape index (κ2) is 35.1. The van der Waals surface area contributed by atoms with Crippen LogP contribution in [0, 0.1) is 38.2 Å². The van der Waals surface area contributed by atoms with Gasteiger partial charge in [-0.25, -0.2) is 57.1 Å². The molecule has 0 spiro atoms. The Morgan fingerprint density at radius 3 is 1.08 bits per heavy atom. The van der Waals surface area contributed by atoms with Crippen LogP contribution in [0.1, 0.15) is 199 Å². The maximum Gasteiger partial charge on any atom is 0.191 e. The molecule has 6 heterocycles. The van der Waals surface area contributed by atoms with Gasteiger partial charge in [-0.15, -0.1) is 15.3 Å². The lowest BCUT2D eigenvalue weighted by Gasteiger charge is -2.17. The number of nitrogens with one attached hydrogen (secondary N) is 3. The van der Waals surface area contributed by atoms with Crippen molar-refractivity contribution < 1.29 is 125 Å². The standard InChI is InChI=1S/3C24H31FN6O4S/c3*1-3-8-36-24-27-22(26-16-10-14(16)13-5-4-12(2)15(25)9-13)19-23(28-24)31(30-29-19)17-11-18(35-7-6-32)21(34)20(17)33/h3*4-5,9,14,16-18,20-21,32-34H,3,6-8,10-11H2,1-2H3,(H,26,27,28)/t3*14-,16+,17+,18-,20-,21+/m000/s1/i6D2,7D2,10D2,11D2,14D,16D,17D,18D,20D,21D;7D2,10D2,11D2,14D,16D,17D,18D,20D,21D;6D2,10D2,11D2,14D,16D,17D,18D,20D,21D. The number of aliphatic hydroxyl groups is 9. The maximum atomic E-state index is 14.5. The number of hydrogen-bond donors (Lipinski definition) is 12. The van der Waals surface area contributed by atoms with Gasteiger partial charge >= 0.3 is 0 Å². The Labute approximate surface area is 686 Å². The van der Waals surface area contributed by atoms with E-state index in [1.165, 1.54) is 57.2 Å². The number of nitrogens with zero attached hydrogens (tertiary/aromatic N) is 15. The summed E-state index contributed by atoms with van der Waals surface area (Å²) in [5, 5.41) is 124. The molecule has 6 saturated carbocycles. The number of anilines is 3. The van der Waals surface area contributed by atoms with Gasteiger partial charge in [-0.3, -0.25) is 0 Å². The van der Waals surface area contributed by atoms with E-state index < -0.39 is 255 Å². The summed E-state index contributed by atoms with van der Waals surface area (Å²) < 4.78 is 378. The van der Waals surface area contributed by atoms with E-state index in [0.717, 1.165) is 53.5 Å². The van der Waals surface area contributed by atoms with E-state index in [1.807, 2.05) is 13.8 Å². The summed E-state index contributed by atoms with van der Waals surface area (Å²) in [5.41, 5.74) is -3.63. The molecular formula is C72H93F3N18O12S3. The van der Waals surface area contributed by atoms with Crippen LogP contribution >= 0.6 is 35.3 Å². The summed E-state index contributed by atoms with van der Waals surface area (Å²) in [5.74, 6) is -9.93. The van der Waals surface area contributed by atoms with Crippen molar-refractivity contribution >= 4 is 86.2 Å². The van der Waals surface area contributed by atoms with Crippen molar-refractivity contribution in [3.05, 3.63) is 105 Å². The number of aliphatic hydroxyl groups excluding tert-OH is 1. The van der Waals surface area contributed by atoms with Crippen LogP contribution in [0.5, 0.6) is 0 Å². The monoisotopic (exact) mass is 1590 g/mol. The van der Waals surface area contributed by atoms with Gasteiger partial charge in [0.05, 0.1) is 107 Å². The average Bonchev–Trinajstić information content (AvgIpc) is 1.47. The first kappa shape index (κ1) is 44.2. The number of halogens is 3. The minimum absolute atomic E-state index is 0.0714. The first-order valence-electron chi connectivity index (χ1n) is 51.4. The third-order valence-corrected chi connectivity index (χ3v) is 18.8. The van der Waals surface area contributed by atoms with E-state index >= 15 is 0 Å². The molecule has 18 atom stereocenters. The van der Waals surface area contributed by atoms with Gasteiger partial charge in [0, 0.05) is 92.7 Å². The fourth-order valence-electron chi connectivity index (χ4n) is 10.0. The smallest absolute Gasteiger partial charge is 0.191 e. The molecule has 582 valence electrons. The van der Waals surface area contributed by atoms with Crippen molar-refractivity contribution in [3.63, 3.8) is 0 Å². The molecule has 0 unspecified atom stereocenters. The van der Waals surface area contributed by atoms with Crippen molar-refractivity contribution in [2.24, 2.45) is 0 Å². The summed E-state index contributed by atoms with van der Waals surface area (Å²) in [6.07, 6.45) is -55.4. The van der Waals surface area contributed by atoms with Crippen molar-refractivity contribution in [1.82, 2.24) is 74.9 Å². The van der Waals surface area contributed by atoms with Crippen LogP contribution in [0.4, 0.5) is 30.6 Å². The lowest BCUT2D eigenvalue weighted by Crippen LogP contribution is -2.33. The zero-order chi connectivity index (χ0) is 111. The fraction of sp³-hybridized carbons (Fsp3) is 0.583. The molecule has 0 saturated heterocycles. The zero-order valence-corrected chi connectivity index (χ0v) is 59.6. The molecular weight excluding hydrogens is 1460 g/mol. The van der Waals surface area contributed by atoms with Gasteiger partial charge in [0.15, 0.2) is 66.4 Å². The van der Waals surface area contributed by atoms with E-state index in [0.29, 0.717) is 36.5 Å². The Bertz CT molecular complexity index is 6670. The van der Waals surface area contributed by atoms with Crippen LogP contribution < -0.4 is 16.0 Å². The summed E-state index contributed by atoms with van der Waals surface area (Å²) >= 11 is 2.93. The molecule has 108 heavy (non-hydrogen) atoms. The molecule has 12 N–H and O–H groups in total. The van der Waals surface area contributed by atoms with Gasteiger partial charge < -0.3 is 76.1 Å². The summed E-state index contributed by atoms with van der Waals surface area (Å²) in [6, 6.07) is -8.60. The van der Waals surface area contributed by atoms with E-state index in [2.05, 4.69) is 81.5 Å². The second-order valence-corrected chi connectivity index (χ2v) is 26.4. The number of fused-ring (bicyclic) bond motifs is 3. The molecule has 6 aliphatic carbocycles. The van der Waals surface area contributed by atoms with Crippen molar-refractivity contribution in [2.45, 2.75) is 223 Å². The van der Waals surface area contributed by atoms with Gasteiger partial charge in [0.25, 0.3) is 0 Å². The normalized spacial score (nSPS) is 48.4. The highest BCUT2D eigenvalue weighted by Crippen LogP contribution is 2.48. The number of benzene rings is 3. The second-order valence-electron chi connectivity index (χ2n) is 23.2. The summed E-state index contributed by atoms with van der Waals surface area (Å²) in [6.45, 7) is -7.88. The molecule has 3 aromatic carbocycles. The van der Waals surface area contributed by atoms with Gasteiger partial charge in [0.1, 0.15) is 53.9 Å². The van der Waals surface area contributed by atoms with Gasteiger partial charge in [-0.1, -0.05) is 108 Å². The highest BCUT2D eigenvalue weighted by atomic mass is 32.2. The third kappa shape index (κ3) is 17.5. The predicted octanol–water partition coefficient (Wildman–Crippen LogP) is 6.55. The Morgan fingerprint density at radius 1 is 0.463 bits per heavy atom. The topological polar surface area (TPSA) is 415 Å². The van der Waals surface area contributed by atoms with Crippen LogP contribution in [-0.2, 0) is 14.2 Å². The number of hydrogen-bond acceptors (Lipinski definition) is 30. The molecule has 30 nitrogen and oxygen atoms in total. The van der Waals surface area contributed by atoms with Crippen LogP contribution in [0.2, 0.25) is 0 Å². The highest BCUT2D eigenvalue weighted by Gasteiger charge is 2.49. The van der Waals surface area contributed by atoms with E-state index in [-0.39, 0.29) is 62.9 Å². The van der Waals surface area contributed by atoms with Crippen LogP contribution in [0.15, 0.2) is 70.1 Å². The Balaban J connectivity index is 0.000000183. The molecule has 0 aliphatic heterocycles. The van der Waals surface area contributed by atoms with E-state index in [1.54, 1.807) is 6.92 Å². The minimum Gasteiger partial charge on any atom is -0.394 e. The SMILES string of the molecule is [2H]C([2H])(CO)O[C@@]1([2H])C([2H])([2H])[C@@]([2H])(n2nnc3c(N[C@]4([2H])C([2H])([2H])[C@@]4([2H])c4ccc(C)c(F)c4)nc(SCCC)nc32)[C@]([2H])(O)[C@]1([2H])O.[2H]C([2H])(O)C([2H])([2H])O[C@@]1([2H])C([2H])([2H])[C@@]([2H])(n2nnc3c(N[C@]4([2H])C([2H])([2H])[C@@]4([2H])c4ccc(C)c(F)c4)nc(SCCC)nc32)[C@]([2H])(O)[C@]1([2H])O.[2H]C([2H])(O)CO[C@@]1([2H])C([2H])([2H])[C@@]([2H])(n2nnc3c(N[C@]4([2H])C([2H])([2H])[C@@]4([2H])c4ccc(C)c(F)c4)nc(SCCC)nc32)[C@]([2H])(O)[C@]1([2H])O. The lowest BCUT2D eigenvalue weighted by molar-refractivity contribution is -0.0629. The summed E-state index contributed by atoms with van der Waals surface area (Å²) in [4.78, 5) is 25.3. The van der Waals surface area contributed by atoms with Gasteiger partial charge in [-0.2, -0.15) is 0 Å². The predicted molar refractivity (Wildman–Crippen MR) is 398 cm³/mol. The minimum atomic E-state index is -4.35. The molecule has 0 bridgehead atoms. The molecule has 0 radical (unpaired) electrons. The van der Waals surface area contributed by atoms with Crippen molar-refractivity contribution in [2.75, 3.05) is 72.7 Å². The Morgan fingerprint density at radius 2 is 0.787 bits per heavy atom. The molecule has 36 heteroatoms. The van der Waals surface area contributed by atoms with E-state index in [4.69, 9.17) is 61.6 Å². The number of ether oxygens (including phenoxy) is 3. The van der Waals surface area contributed by atoms with Crippen LogP contribution in [0.3, 0.4) is 0 Å². The summed E-state index contributed by atoms with van der Waals surface area (Å²) in [7, 11) is 0. The van der Waals surface area contributed by atoms with Crippen LogP contribution in [0.25, 0.3) is 33.5 Å². The first-order chi connectivity index (χ1) is 66.0. The first-order valence-corrected chi connectivity index (χ1v) is 35.4. The number of thioether (sulfide) groups is 3. The Kier molecular flexibility index (Phi) is 14.3. The highest BCUT2D eigenvalue weighted by molar-refractivity contribution is 7.99. The van der Waals surface area contributed by atoms with Crippen molar-refractivity contribution in [3.8, 4) is 0 Å². The number of rotatable bonds is 30. The quantitative estimate of drug-likeness (QED) is 0.0168. The molecule has 9 aromatic rings. The fourth-order valence-corrected chi connectivity index (χ4v) is 12.1. The van der Waals surface area contributed by atoms with E-state index in [9.17, 15) is 59.1 Å². The Hall–Kier alpha value is -7.14. The molecule has 6 aromatic heterocycles. The molecule has 15 rings (SSSR count). The zero-order valence-electron chi connectivity index (χ0n) is 95.2. The average molecular weight is 1590 g/mol. The molecule has 0 amide bonds. The van der Waals surface area contributed by atoms with Gasteiger partial charge in [-0.05, 0) is 111 Å². The van der Waals surface area contributed by atoms with Crippen molar-refractivity contribution in [1.29, 1.82) is 0 Å². The number of aromatic nitrogens is 15. The maximum absolute atomic E-state index is 14.5. The third-order valence-electron chi connectivity index (χ3n) is 15.6. The largest absolute Gasteiger partial charge is 0.394 e. The van der Waals surface area contributed by atoms with Gasteiger partial charge in [0.2, 0.25) is 0 Å². The lowest BCUT2D eigenvalue weighted by atomic mass is 10.1. The number of aryl methyl sites for hydroxylation is 3. The van der Waals surface area contributed by atoms with Crippen LogP contribution in [-0.4, -0.2) is 250 Å². The molecule has 6 aliphatic rings. The molecule has 6 fully saturated rings.